The summed E-state index contributed by atoms with van der Waals surface area (Å²) in [6.07, 6.45) is 1.67. The summed E-state index contributed by atoms with van der Waals surface area (Å²) in [5.74, 6) is 0.482. The first-order valence-electron chi connectivity index (χ1n) is 9.30. The summed E-state index contributed by atoms with van der Waals surface area (Å²) in [6.45, 7) is 3.06. The van der Waals surface area contributed by atoms with Gasteiger partial charge in [-0.15, -0.1) is 0 Å². The number of hydrogen-bond acceptors (Lipinski definition) is 3. The van der Waals surface area contributed by atoms with Gasteiger partial charge >= 0.3 is 0 Å². The van der Waals surface area contributed by atoms with Crippen LogP contribution >= 0.6 is 22.6 Å². The zero-order valence-corrected chi connectivity index (χ0v) is 18.3. The van der Waals surface area contributed by atoms with Crippen LogP contribution < -0.4 is 10.2 Å². The lowest BCUT2D eigenvalue weighted by Crippen LogP contribution is -2.17. The molecule has 4 rings (SSSR count). The van der Waals surface area contributed by atoms with Crippen molar-refractivity contribution in [2.45, 2.75) is 13.5 Å². The highest BCUT2D eigenvalue weighted by Gasteiger charge is 2.10. The lowest BCUT2D eigenvalue weighted by Gasteiger charge is -2.05. The molecule has 0 aliphatic carbocycles. The van der Waals surface area contributed by atoms with Crippen LogP contribution in [0.2, 0.25) is 0 Å². The third kappa shape index (κ3) is 3.72. The van der Waals surface area contributed by atoms with Gasteiger partial charge in [0, 0.05) is 33.9 Å². The van der Waals surface area contributed by atoms with Gasteiger partial charge in [0.1, 0.15) is 5.75 Å². The Hall–Kier alpha value is -2.87. The van der Waals surface area contributed by atoms with Crippen molar-refractivity contribution in [1.29, 1.82) is 0 Å². The van der Waals surface area contributed by atoms with Gasteiger partial charge in [-0.05, 0) is 71.5 Å². The molecule has 0 radical (unpaired) electrons. The molecule has 0 aliphatic heterocycles. The van der Waals surface area contributed by atoms with Crippen molar-refractivity contribution in [2.75, 3.05) is 7.11 Å². The minimum Gasteiger partial charge on any atom is -0.496 e. The minimum atomic E-state index is -0.259. The first-order chi connectivity index (χ1) is 14.1. The second-order valence-corrected chi connectivity index (χ2v) is 7.75. The summed E-state index contributed by atoms with van der Waals surface area (Å²) in [5.41, 5.74) is 6.48. The van der Waals surface area contributed by atoms with Crippen LogP contribution in [0.15, 0.2) is 65.8 Å². The zero-order chi connectivity index (χ0) is 20.4. The van der Waals surface area contributed by atoms with Crippen LogP contribution in [0.5, 0.6) is 5.75 Å². The number of rotatable bonds is 5. The van der Waals surface area contributed by atoms with Gasteiger partial charge in [-0.1, -0.05) is 24.3 Å². The van der Waals surface area contributed by atoms with E-state index in [9.17, 15) is 4.79 Å². The summed E-state index contributed by atoms with van der Waals surface area (Å²) < 4.78 is 8.40. The molecule has 1 N–H and O–H groups in total. The number of carbonyl (C=O) groups excluding carboxylic acids is 1. The minimum absolute atomic E-state index is 0.259. The van der Waals surface area contributed by atoms with Crippen LogP contribution in [-0.2, 0) is 6.54 Å². The molecule has 5 nitrogen and oxygen atoms in total. The number of nitrogens with zero attached hydrogens (tertiary/aromatic N) is 2. The molecular weight excluding hydrogens is 477 g/mol. The predicted octanol–water partition coefficient (Wildman–Crippen LogP) is 5.19. The molecule has 146 valence electrons. The number of hydrogen-bond donors (Lipinski definition) is 1. The number of amides is 1. The predicted molar refractivity (Wildman–Crippen MR) is 126 cm³/mol. The zero-order valence-electron chi connectivity index (χ0n) is 16.1. The maximum absolute atomic E-state index is 12.3. The van der Waals surface area contributed by atoms with Crippen molar-refractivity contribution in [3.63, 3.8) is 0 Å². The Labute approximate surface area is 182 Å². The molecule has 0 saturated heterocycles. The van der Waals surface area contributed by atoms with Crippen LogP contribution in [0.1, 0.15) is 22.8 Å². The van der Waals surface area contributed by atoms with Gasteiger partial charge in [0.05, 0.1) is 16.9 Å². The number of methoxy groups -OCH3 is 1. The lowest BCUT2D eigenvalue weighted by molar-refractivity contribution is 0.0955. The number of benzene rings is 3. The molecule has 0 atom stereocenters. The van der Waals surface area contributed by atoms with Crippen molar-refractivity contribution in [3.8, 4) is 5.75 Å². The fourth-order valence-electron chi connectivity index (χ4n) is 3.53. The van der Waals surface area contributed by atoms with E-state index in [1.54, 1.807) is 31.5 Å². The highest BCUT2D eigenvalue weighted by Crippen LogP contribution is 2.29. The summed E-state index contributed by atoms with van der Waals surface area (Å²) in [5, 5.41) is 6.54. The van der Waals surface area contributed by atoms with E-state index >= 15 is 0 Å². The molecule has 29 heavy (non-hydrogen) atoms. The molecule has 6 heteroatoms. The molecule has 1 aromatic heterocycles. The van der Waals surface area contributed by atoms with Gasteiger partial charge in [0.25, 0.3) is 5.91 Å². The number of aryl methyl sites for hydroxylation is 1. The molecule has 0 aliphatic rings. The first-order valence-corrected chi connectivity index (χ1v) is 10.4. The number of carbonyl (C=O) groups is 1. The van der Waals surface area contributed by atoms with Gasteiger partial charge in [-0.25, -0.2) is 5.43 Å². The molecule has 0 saturated carbocycles. The highest BCUT2D eigenvalue weighted by atomic mass is 127. The second kappa shape index (κ2) is 8.24. The van der Waals surface area contributed by atoms with Crippen LogP contribution in [0, 0.1) is 3.57 Å². The maximum Gasteiger partial charge on any atom is 0.271 e. The number of hydrazone groups is 1. The number of nitrogens with one attached hydrogen (secondary N) is 1. The van der Waals surface area contributed by atoms with Crippen molar-refractivity contribution >= 4 is 56.5 Å². The summed E-state index contributed by atoms with van der Waals surface area (Å²) in [7, 11) is 1.61. The monoisotopic (exact) mass is 497 g/mol. The Balaban J connectivity index is 1.58. The van der Waals surface area contributed by atoms with Crippen LogP contribution in [-0.4, -0.2) is 23.8 Å². The van der Waals surface area contributed by atoms with Gasteiger partial charge in [0.2, 0.25) is 0 Å². The Morgan fingerprint density at radius 1 is 1.10 bits per heavy atom. The van der Waals surface area contributed by atoms with Gasteiger partial charge in [-0.3, -0.25) is 4.79 Å². The van der Waals surface area contributed by atoms with Crippen molar-refractivity contribution < 1.29 is 9.53 Å². The van der Waals surface area contributed by atoms with E-state index in [1.165, 1.54) is 21.8 Å². The van der Waals surface area contributed by atoms with E-state index in [1.807, 2.05) is 6.07 Å². The number of ether oxygens (including phenoxy) is 1. The lowest BCUT2D eigenvalue weighted by atomic mass is 10.1. The fourth-order valence-corrected chi connectivity index (χ4v) is 4.27. The van der Waals surface area contributed by atoms with E-state index in [0.717, 1.165) is 21.4 Å². The van der Waals surface area contributed by atoms with E-state index in [0.29, 0.717) is 5.56 Å². The summed E-state index contributed by atoms with van der Waals surface area (Å²) in [6, 6.07) is 19.9. The van der Waals surface area contributed by atoms with Crippen LogP contribution in [0.4, 0.5) is 0 Å². The third-order valence-corrected chi connectivity index (χ3v) is 5.75. The average molecular weight is 497 g/mol. The maximum atomic E-state index is 12.3. The molecule has 0 spiro atoms. The van der Waals surface area contributed by atoms with Gasteiger partial charge in [0.15, 0.2) is 0 Å². The number of para-hydroxylation sites is 1. The average Bonchev–Trinajstić information content (AvgIpc) is 3.06. The number of aromatic nitrogens is 1. The molecule has 0 bridgehead atoms. The van der Waals surface area contributed by atoms with Crippen molar-refractivity contribution in [3.05, 3.63) is 75.4 Å². The normalized spacial score (nSPS) is 11.4. The SMILES string of the molecule is CCn1c2ccccc2c2cc(/C=N/NC(=O)c3ccc(OC)c(I)c3)ccc21. The summed E-state index contributed by atoms with van der Waals surface area (Å²) >= 11 is 2.14. The largest absolute Gasteiger partial charge is 0.496 e. The Morgan fingerprint density at radius 3 is 2.66 bits per heavy atom. The highest BCUT2D eigenvalue weighted by molar-refractivity contribution is 14.1. The Bertz CT molecular complexity index is 1240. The third-order valence-electron chi connectivity index (χ3n) is 4.91. The van der Waals surface area contributed by atoms with E-state index in [4.69, 9.17) is 4.74 Å². The van der Waals surface area contributed by atoms with Crippen molar-refractivity contribution in [2.24, 2.45) is 5.10 Å². The number of fused-ring (bicyclic) bond motifs is 3. The van der Waals surface area contributed by atoms with Crippen molar-refractivity contribution in [1.82, 2.24) is 9.99 Å². The van der Waals surface area contributed by atoms with Crippen LogP contribution in [0.3, 0.4) is 0 Å². The topological polar surface area (TPSA) is 55.6 Å². The fraction of sp³-hybridized carbons (Fsp3) is 0.130. The van der Waals surface area contributed by atoms with Crippen LogP contribution in [0.25, 0.3) is 21.8 Å². The molecule has 0 unspecified atom stereocenters. The molecule has 4 aromatic rings. The Kier molecular flexibility index (Phi) is 5.53. The molecular formula is C23H20IN3O2. The smallest absolute Gasteiger partial charge is 0.271 e. The first kappa shape index (κ1) is 19.4. The second-order valence-electron chi connectivity index (χ2n) is 6.59. The standard InChI is InChI=1S/C23H20IN3O2/c1-3-27-20-7-5-4-6-17(20)18-12-15(8-10-21(18)27)14-25-26-23(28)16-9-11-22(29-2)19(24)13-16/h4-14H,3H2,1-2H3,(H,26,28)/b25-14+. The van der Waals surface area contributed by atoms with E-state index < -0.39 is 0 Å². The summed E-state index contributed by atoms with van der Waals surface area (Å²) in [4.78, 5) is 12.3. The van der Waals surface area contributed by atoms with E-state index in [-0.39, 0.29) is 5.91 Å². The van der Waals surface area contributed by atoms with E-state index in [2.05, 4.69) is 81.0 Å². The molecule has 3 aromatic carbocycles. The van der Waals surface area contributed by atoms with Gasteiger partial charge < -0.3 is 9.30 Å². The molecule has 1 heterocycles. The molecule has 1 amide bonds. The quantitative estimate of drug-likeness (QED) is 0.235. The number of halogens is 1. The molecule has 0 fully saturated rings. The van der Waals surface area contributed by atoms with Gasteiger partial charge in [-0.2, -0.15) is 5.10 Å². The Morgan fingerprint density at radius 2 is 1.90 bits per heavy atom.